The van der Waals surface area contributed by atoms with Crippen molar-refractivity contribution in [2.45, 2.75) is 64.4 Å². The lowest BCUT2D eigenvalue weighted by Crippen LogP contribution is -2.17. The Kier molecular flexibility index (Phi) is 6.80. The van der Waals surface area contributed by atoms with Crippen LogP contribution < -0.4 is 4.74 Å². The molecule has 1 aliphatic carbocycles. The standard InChI is InChI=1S/C49H43N3O/c1-48(2,3)31-19-22-43-36(27-31)37-28-32(49(4,5)6)20-23-44(37)52(43)47-17-11-14-40(50-47)30-18-24-45-38(26-30)39-29-33(21-25-46(39)53-45)51-41-15-9-7-12-34(41)35-13-8-10-16-42(35)51/h7-29,38,45H,1-6H3. The zero-order valence-corrected chi connectivity index (χ0v) is 31.2. The molecule has 0 saturated carbocycles. The number of nitrogens with zero attached hydrogens (tertiary/aromatic N) is 3. The van der Waals surface area contributed by atoms with Crippen LogP contribution in [0, 0.1) is 0 Å². The van der Waals surface area contributed by atoms with Crippen molar-refractivity contribution >= 4 is 49.2 Å². The van der Waals surface area contributed by atoms with Crippen molar-refractivity contribution < 1.29 is 4.74 Å². The molecule has 0 spiro atoms. The summed E-state index contributed by atoms with van der Waals surface area (Å²) in [5.74, 6) is 1.95. The average Bonchev–Trinajstić information content (AvgIpc) is 3.80. The summed E-state index contributed by atoms with van der Waals surface area (Å²) in [5, 5.41) is 5.06. The third kappa shape index (κ3) is 4.99. The van der Waals surface area contributed by atoms with Gasteiger partial charge >= 0.3 is 0 Å². The highest BCUT2D eigenvalue weighted by Gasteiger charge is 2.34. The van der Waals surface area contributed by atoms with Gasteiger partial charge in [0.2, 0.25) is 0 Å². The Bertz CT molecular complexity index is 2720. The number of aromatic nitrogens is 3. The average molecular weight is 690 g/mol. The van der Waals surface area contributed by atoms with E-state index in [1.165, 1.54) is 60.3 Å². The lowest BCUT2D eigenvalue weighted by Gasteiger charge is -2.19. The van der Waals surface area contributed by atoms with Crippen molar-refractivity contribution in [3.8, 4) is 17.3 Å². The molecule has 2 atom stereocenters. The second kappa shape index (κ2) is 11.3. The van der Waals surface area contributed by atoms with Gasteiger partial charge in [0, 0.05) is 38.7 Å². The molecule has 0 radical (unpaired) electrons. The van der Waals surface area contributed by atoms with Crippen molar-refractivity contribution in [2.24, 2.45) is 0 Å². The van der Waals surface area contributed by atoms with E-state index in [2.05, 4.69) is 190 Å². The van der Waals surface area contributed by atoms with Gasteiger partial charge in [-0.15, -0.1) is 0 Å². The van der Waals surface area contributed by atoms with Crippen LogP contribution in [0.25, 0.3) is 60.7 Å². The Morgan fingerprint density at radius 2 is 1.17 bits per heavy atom. The smallest absolute Gasteiger partial charge is 0.138 e. The number of ether oxygens (including phenoxy) is 1. The number of hydrogen-bond acceptors (Lipinski definition) is 2. The first-order chi connectivity index (χ1) is 25.5. The Hall–Kier alpha value is -5.87. The third-order valence-electron chi connectivity index (χ3n) is 11.4. The van der Waals surface area contributed by atoms with Gasteiger partial charge in [-0.2, -0.15) is 0 Å². The molecule has 0 amide bonds. The van der Waals surface area contributed by atoms with Crippen molar-refractivity contribution in [2.75, 3.05) is 0 Å². The number of para-hydroxylation sites is 2. The Morgan fingerprint density at radius 1 is 0.566 bits per heavy atom. The molecular weight excluding hydrogens is 647 g/mol. The second-order valence-electron chi connectivity index (χ2n) is 16.9. The maximum atomic E-state index is 6.52. The van der Waals surface area contributed by atoms with Crippen LogP contribution >= 0.6 is 0 Å². The summed E-state index contributed by atoms with van der Waals surface area (Å²) in [6.07, 6.45) is 6.70. The van der Waals surface area contributed by atoms with Crippen LogP contribution in [0.4, 0.5) is 0 Å². The molecule has 3 aromatic heterocycles. The van der Waals surface area contributed by atoms with E-state index in [9.17, 15) is 0 Å². The largest absolute Gasteiger partial charge is 0.485 e. The molecule has 2 aliphatic rings. The number of allylic oxidation sites excluding steroid dienone is 2. The molecule has 0 bridgehead atoms. The van der Waals surface area contributed by atoms with E-state index in [-0.39, 0.29) is 22.9 Å². The first kappa shape index (κ1) is 31.8. The van der Waals surface area contributed by atoms with Gasteiger partial charge in [-0.1, -0.05) is 108 Å². The van der Waals surface area contributed by atoms with E-state index in [1.807, 2.05) is 0 Å². The van der Waals surface area contributed by atoms with Gasteiger partial charge in [0.1, 0.15) is 17.7 Å². The van der Waals surface area contributed by atoms with Crippen LogP contribution in [0.15, 0.2) is 140 Å². The maximum Gasteiger partial charge on any atom is 0.138 e. The summed E-state index contributed by atoms with van der Waals surface area (Å²) >= 11 is 0. The molecule has 4 nitrogen and oxygen atoms in total. The third-order valence-corrected chi connectivity index (χ3v) is 11.4. The fourth-order valence-electron chi connectivity index (χ4n) is 8.51. The van der Waals surface area contributed by atoms with E-state index < -0.39 is 0 Å². The van der Waals surface area contributed by atoms with E-state index in [0.717, 1.165) is 28.5 Å². The highest BCUT2D eigenvalue weighted by Crippen LogP contribution is 2.45. The summed E-state index contributed by atoms with van der Waals surface area (Å²) in [6, 6.07) is 44.3. The number of hydrogen-bond donors (Lipinski definition) is 0. The topological polar surface area (TPSA) is 32.0 Å². The minimum Gasteiger partial charge on any atom is -0.485 e. The molecule has 4 heterocycles. The monoisotopic (exact) mass is 689 g/mol. The van der Waals surface area contributed by atoms with Crippen LogP contribution in [-0.4, -0.2) is 20.2 Å². The highest BCUT2D eigenvalue weighted by molar-refractivity contribution is 6.10. The van der Waals surface area contributed by atoms with Gasteiger partial charge in [0.15, 0.2) is 0 Å². The molecule has 260 valence electrons. The van der Waals surface area contributed by atoms with Gasteiger partial charge in [0.25, 0.3) is 0 Å². The predicted molar refractivity (Wildman–Crippen MR) is 221 cm³/mol. The number of rotatable bonds is 3. The maximum absolute atomic E-state index is 6.52. The molecule has 1 aliphatic heterocycles. The number of fused-ring (bicyclic) bond motifs is 9. The van der Waals surface area contributed by atoms with E-state index >= 15 is 0 Å². The molecule has 0 fully saturated rings. The molecule has 10 rings (SSSR count). The van der Waals surface area contributed by atoms with Gasteiger partial charge in [-0.25, -0.2) is 4.98 Å². The molecule has 53 heavy (non-hydrogen) atoms. The van der Waals surface area contributed by atoms with Crippen molar-refractivity contribution in [1.29, 1.82) is 0 Å². The van der Waals surface area contributed by atoms with E-state index in [0.29, 0.717) is 0 Å². The highest BCUT2D eigenvalue weighted by atomic mass is 16.5. The lowest BCUT2D eigenvalue weighted by molar-refractivity contribution is 0.269. The fraction of sp³-hybridized carbons (Fsp3) is 0.204. The normalized spacial score (nSPS) is 17.1. The van der Waals surface area contributed by atoms with Crippen molar-refractivity contribution in [3.05, 3.63) is 162 Å². The van der Waals surface area contributed by atoms with Crippen molar-refractivity contribution in [3.63, 3.8) is 0 Å². The fourth-order valence-corrected chi connectivity index (χ4v) is 8.51. The summed E-state index contributed by atoms with van der Waals surface area (Å²) in [7, 11) is 0. The Morgan fingerprint density at radius 3 is 1.79 bits per heavy atom. The first-order valence-electron chi connectivity index (χ1n) is 18.8. The van der Waals surface area contributed by atoms with Crippen LogP contribution in [0.1, 0.15) is 69.8 Å². The molecule has 0 saturated heterocycles. The molecule has 2 unspecified atom stereocenters. The van der Waals surface area contributed by atoms with E-state index in [4.69, 9.17) is 9.72 Å². The van der Waals surface area contributed by atoms with Crippen LogP contribution in [0.2, 0.25) is 0 Å². The summed E-state index contributed by atoms with van der Waals surface area (Å²) < 4.78 is 11.2. The van der Waals surface area contributed by atoms with Gasteiger partial charge < -0.3 is 9.30 Å². The Balaban J connectivity index is 1.08. The number of pyridine rings is 1. The zero-order valence-electron chi connectivity index (χ0n) is 31.2. The molecular formula is C49H43N3O. The molecule has 5 aromatic carbocycles. The zero-order chi connectivity index (χ0) is 36.2. The first-order valence-corrected chi connectivity index (χ1v) is 18.8. The molecule has 8 aromatic rings. The Labute approximate surface area is 310 Å². The SMILES string of the molecule is CC(C)(C)c1ccc2c(c1)c1cc(C(C)(C)C)ccc1n2-c1cccc(C2=CC3c4cc(-n5c6ccccc6c6ccccc65)ccc4OC3C=C2)n1. The van der Waals surface area contributed by atoms with E-state index in [1.54, 1.807) is 0 Å². The van der Waals surface area contributed by atoms with Crippen molar-refractivity contribution in [1.82, 2.24) is 14.1 Å². The minimum atomic E-state index is -0.0447. The quantitative estimate of drug-likeness (QED) is 0.185. The summed E-state index contributed by atoms with van der Waals surface area (Å²) in [4.78, 5) is 5.38. The van der Waals surface area contributed by atoms with Crippen LogP contribution in [0.3, 0.4) is 0 Å². The van der Waals surface area contributed by atoms with Crippen LogP contribution in [0.5, 0.6) is 5.75 Å². The van der Waals surface area contributed by atoms with Gasteiger partial charge in [-0.3, -0.25) is 4.57 Å². The van der Waals surface area contributed by atoms with Gasteiger partial charge in [-0.05, 0) is 100 Å². The van der Waals surface area contributed by atoms with Crippen LogP contribution in [-0.2, 0) is 10.8 Å². The molecule has 0 N–H and O–H groups in total. The molecule has 4 heteroatoms. The number of benzene rings is 5. The minimum absolute atomic E-state index is 0.0447. The summed E-state index contributed by atoms with van der Waals surface area (Å²) in [6.45, 7) is 13.7. The summed E-state index contributed by atoms with van der Waals surface area (Å²) in [5.41, 5.74) is 11.9. The second-order valence-corrected chi connectivity index (χ2v) is 16.9. The van der Waals surface area contributed by atoms with Gasteiger partial charge in [0.05, 0.1) is 27.8 Å². The lowest BCUT2D eigenvalue weighted by atomic mass is 9.85. The predicted octanol–water partition coefficient (Wildman–Crippen LogP) is 12.4.